The molecule has 8 heteroatoms. The molecule has 0 aliphatic heterocycles. The summed E-state index contributed by atoms with van der Waals surface area (Å²) in [7, 11) is -3.30. The average molecular weight is 458 g/mol. The van der Waals surface area contributed by atoms with Crippen molar-refractivity contribution in [2.75, 3.05) is 12.0 Å². The minimum absolute atomic E-state index is 0.234. The first-order chi connectivity index (χ1) is 14.2. The van der Waals surface area contributed by atoms with Crippen molar-refractivity contribution < 1.29 is 8.42 Å². The van der Waals surface area contributed by atoms with Crippen LogP contribution in [-0.4, -0.2) is 24.5 Å². The number of halogens is 2. The van der Waals surface area contributed by atoms with Crippen LogP contribution in [-0.2, 0) is 9.84 Å². The lowest BCUT2D eigenvalue weighted by atomic mass is 10.1. The summed E-state index contributed by atoms with van der Waals surface area (Å²) in [4.78, 5) is 0.234. The minimum atomic E-state index is -3.30. The summed E-state index contributed by atoms with van der Waals surface area (Å²) in [6.07, 6.45) is 1.17. The Kier molecular flexibility index (Phi) is 5.32. The first-order valence-corrected chi connectivity index (χ1v) is 11.6. The third kappa shape index (κ3) is 3.94. The number of nitrogens with zero attached hydrogens (tertiary/aromatic N) is 2. The van der Waals surface area contributed by atoms with Crippen molar-refractivity contribution in [2.45, 2.75) is 4.90 Å². The number of hydrogen-bond acceptors (Lipinski definition) is 4. The van der Waals surface area contributed by atoms with Gasteiger partial charge in [-0.1, -0.05) is 47.5 Å². The van der Waals surface area contributed by atoms with Gasteiger partial charge in [0.1, 0.15) is 5.69 Å². The standard InChI is InChI=1S/C22H17Cl2N3O2S/c1-30(28,29)19-12-10-18(11-13-19)27-22(15-4-8-17(24)9-5-15)20(25)21(26-27)14-2-6-16(23)7-3-14/h2-13H,25H2,1H3. The highest BCUT2D eigenvalue weighted by Crippen LogP contribution is 2.37. The van der Waals surface area contributed by atoms with Gasteiger partial charge < -0.3 is 5.73 Å². The Labute approximate surface area is 184 Å². The molecule has 30 heavy (non-hydrogen) atoms. The van der Waals surface area contributed by atoms with E-state index in [1.54, 1.807) is 53.2 Å². The van der Waals surface area contributed by atoms with E-state index in [2.05, 4.69) is 0 Å². The van der Waals surface area contributed by atoms with Gasteiger partial charge in [0.15, 0.2) is 9.84 Å². The largest absolute Gasteiger partial charge is 0.395 e. The number of aromatic nitrogens is 2. The predicted octanol–water partition coefficient (Wildman–Crippen LogP) is 5.50. The zero-order chi connectivity index (χ0) is 21.5. The second-order valence-electron chi connectivity index (χ2n) is 6.80. The Bertz CT molecular complexity index is 1310. The lowest BCUT2D eigenvalue weighted by molar-refractivity contribution is 0.602. The molecule has 152 valence electrons. The Morgan fingerprint density at radius 2 is 1.30 bits per heavy atom. The molecular formula is C22H17Cl2N3O2S. The fourth-order valence-corrected chi connectivity index (χ4v) is 4.04. The topological polar surface area (TPSA) is 78.0 Å². The molecular weight excluding hydrogens is 441 g/mol. The van der Waals surface area contributed by atoms with Gasteiger partial charge in [-0.3, -0.25) is 0 Å². The minimum Gasteiger partial charge on any atom is -0.395 e. The van der Waals surface area contributed by atoms with Crippen molar-refractivity contribution >= 4 is 38.7 Å². The van der Waals surface area contributed by atoms with Crippen molar-refractivity contribution in [3.05, 3.63) is 82.8 Å². The van der Waals surface area contributed by atoms with Gasteiger partial charge in [-0.25, -0.2) is 13.1 Å². The van der Waals surface area contributed by atoms with Gasteiger partial charge in [-0.15, -0.1) is 0 Å². The lowest BCUT2D eigenvalue weighted by Gasteiger charge is -2.09. The molecule has 4 aromatic rings. The fourth-order valence-electron chi connectivity index (χ4n) is 3.16. The predicted molar refractivity (Wildman–Crippen MR) is 122 cm³/mol. The van der Waals surface area contributed by atoms with Crippen molar-refractivity contribution in [1.29, 1.82) is 0 Å². The van der Waals surface area contributed by atoms with Gasteiger partial charge in [-0.05, 0) is 48.5 Å². The van der Waals surface area contributed by atoms with Gasteiger partial charge in [0.2, 0.25) is 0 Å². The monoisotopic (exact) mass is 457 g/mol. The van der Waals surface area contributed by atoms with Gasteiger partial charge in [0.25, 0.3) is 0 Å². The summed E-state index contributed by atoms with van der Waals surface area (Å²) < 4.78 is 25.3. The first kappa shape index (κ1) is 20.5. The van der Waals surface area contributed by atoms with Gasteiger partial charge >= 0.3 is 0 Å². The van der Waals surface area contributed by atoms with E-state index < -0.39 is 9.84 Å². The highest BCUT2D eigenvalue weighted by Gasteiger charge is 2.20. The molecule has 5 nitrogen and oxygen atoms in total. The molecule has 4 rings (SSSR count). The van der Waals surface area contributed by atoms with E-state index in [1.165, 1.54) is 6.26 Å². The van der Waals surface area contributed by atoms with E-state index in [0.29, 0.717) is 32.8 Å². The molecule has 1 heterocycles. The van der Waals surface area contributed by atoms with Crippen LogP contribution >= 0.6 is 23.2 Å². The van der Waals surface area contributed by atoms with Crippen LogP contribution in [0, 0.1) is 0 Å². The fraction of sp³-hybridized carbons (Fsp3) is 0.0455. The summed E-state index contributed by atoms with van der Waals surface area (Å²) in [5.41, 5.74) is 10.6. The summed E-state index contributed by atoms with van der Waals surface area (Å²) in [6.45, 7) is 0. The van der Waals surface area contributed by atoms with Crippen LogP contribution in [0.25, 0.3) is 28.2 Å². The van der Waals surface area contributed by atoms with Crippen molar-refractivity contribution in [2.24, 2.45) is 0 Å². The van der Waals surface area contributed by atoms with E-state index in [0.717, 1.165) is 11.1 Å². The molecule has 3 aromatic carbocycles. The molecule has 0 spiro atoms. The molecule has 0 saturated carbocycles. The Hall–Kier alpha value is -2.80. The number of anilines is 1. The molecule has 1 aromatic heterocycles. The van der Waals surface area contributed by atoms with E-state index in [9.17, 15) is 8.42 Å². The molecule has 0 bridgehead atoms. The summed E-state index contributed by atoms with van der Waals surface area (Å²) in [6, 6.07) is 21.0. The third-order valence-electron chi connectivity index (χ3n) is 4.67. The smallest absolute Gasteiger partial charge is 0.175 e. The van der Waals surface area contributed by atoms with Crippen molar-refractivity contribution in [3.8, 4) is 28.2 Å². The maximum atomic E-state index is 11.8. The van der Waals surface area contributed by atoms with E-state index >= 15 is 0 Å². The van der Waals surface area contributed by atoms with Crippen LogP contribution in [0.2, 0.25) is 10.0 Å². The molecule has 0 fully saturated rings. The Balaban J connectivity index is 1.93. The van der Waals surface area contributed by atoms with Crippen LogP contribution in [0.5, 0.6) is 0 Å². The second-order valence-corrected chi connectivity index (χ2v) is 9.69. The zero-order valence-corrected chi connectivity index (χ0v) is 18.2. The molecule has 0 saturated heterocycles. The van der Waals surface area contributed by atoms with Crippen LogP contribution in [0.3, 0.4) is 0 Å². The molecule has 0 amide bonds. The summed E-state index contributed by atoms with van der Waals surface area (Å²) >= 11 is 12.1. The number of nitrogens with two attached hydrogens (primary N) is 1. The SMILES string of the molecule is CS(=O)(=O)c1ccc(-n2nc(-c3ccc(Cl)cc3)c(N)c2-c2ccc(Cl)cc2)cc1. The van der Waals surface area contributed by atoms with E-state index in [1.807, 2.05) is 24.3 Å². The Morgan fingerprint density at radius 1 is 0.800 bits per heavy atom. The number of benzene rings is 3. The maximum Gasteiger partial charge on any atom is 0.175 e. The highest BCUT2D eigenvalue weighted by atomic mass is 35.5. The van der Waals surface area contributed by atoms with Gasteiger partial charge in [-0.2, -0.15) is 5.10 Å². The van der Waals surface area contributed by atoms with Gasteiger partial charge in [0, 0.05) is 27.4 Å². The first-order valence-electron chi connectivity index (χ1n) is 8.95. The Morgan fingerprint density at radius 3 is 1.80 bits per heavy atom. The number of nitrogen functional groups attached to an aromatic ring is 1. The molecule has 0 radical (unpaired) electrons. The van der Waals surface area contributed by atoms with Crippen LogP contribution in [0.15, 0.2) is 77.7 Å². The second kappa shape index (κ2) is 7.80. The maximum absolute atomic E-state index is 11.8. The number of rotatable bonds is 4. The number of sulfone groups is 1. The summed E-state index contributed by atoms with van der Waals surface area (Å²) in [5, 5.41) is 5.96. The average Bonchev–Trinajstić information content (AvgIpc) is 3.06. The van der Waals surface area contributed by atoms with E-state index in [-0.39, 0.29) is 4.90 Å². The molecule has 0 aliphatic rings. The van der Waals surface area contributed by atoms with Crippen molar-refractivity contribution in [3.63, 3.8) is 0 Å². The normalized spacial score (nSPS) is 11.6. The van der Waals surface area contributed by atoms with Crippen LogP contribution in [0.4, 0.5) is 5.69 Å². The molecule has 2 N–H and O–H groups in total. The quantitative estimate of drug-likeness (QED) is 0.438. The number of hydrogen-bond donors (Lipinski definition) is 1. The third-order valence-corrected chi connectivity index (χ3v) is 6.30. The molecule has 0 unspecified atom stereocenters. The highest BCUT2D eigenvalue weighted by molar-refractivity contribution is 7.90. The zero-order valence-electron chi connectivity index (χ0n) is 15.9. The lowest BCUT2D eigenvalue weighted by Crippen LogP contribution is -2.02. The van der Waals surface area contributed by atoms with E-state index in [4.69, 9.17) is 34.0 Å². The van der Waals surface area contributed by atoms with Crippen LogP contribution in [0.1, 0.15) is 0 Å². The van der Waals surface area contributed by atoms with Gasteiger partial charge in [0.05, 0.1) is 22.0 Å². The van der Waals surface area contributed by atoms with Crippen molar-refractivity contribution in [1.82, 2.24) is 9.78 Å². The molecule has 0 aliphatic carbocycles. The van der Waals surface area contributed by atoms with Crippen LogP contribution < -0.4 is 5.73 Å². The molecule has 0 atom stereocenters. The summed E-state index contributed by atoms with van der Waals surface area (Å²) in [5.74, 6) is 0.